The molecule has 0 aliphatic carbocycles. The number of ether oxygens (including phenoxy) is 2. The van der Waals surface area contributed by atoms with Gasteiger partial charge in [-0.05, 0) is 40.0 Å². The van der Waals surface area contributed by atoms with Crippen molar-refractivity contribution >= 4 is 18.5 Å². The van der Waals surface area contributed by atoms with Gasteiger partial charge in [-0.1, -0.05) is 0 Å². The largest absolute Gasteiger partial charge is 0.444 e. The molecule has 1 amide bonds. The van der Waals surface area contributed by atoms with Crippen LogP contribution in [0.4, 0.5) is 4.79 Å². The molecule has 2 aliphatic rings. The van der Waals surface area contributed by atoms with E-state index >= 15 is 0 Å². The van der Waals surface area contributed by atoms with Crippen molar-refractivity contribution in [1.29, 1.82) is 0 Å². The SMILES string of the molecule is CC(C)(C)OC(=O)N1CCC2(CCC(CN)O2)C1.Cl. The molecule has 2 atom stereocenters. The summed E-state index contributed by atoms with van der Waals surface area (Å²) in [7, 11) is 0. The van der Waals surface area contributed by atoms with E-state index in [1.165, 1.54) is 0 Å². The molecule has 0 aromatic carbocycles. The number of carbonyl (C=O) groups excluding carboxylic acids is 1. The molecule has 19 heavy (non-hydrogen) atoms. The smallest absolute Gasteiger partial charge is 0.410 e. The summed E-state index contributed by atoms with van der Waals surface area (Å²) < 4.78 is 11.4. The van der Waals surface area contributed by atoms with Crippen molar-refractivity contribution in [2.24, 2.45) is 5.73 Å². The quantitative estimate of drug-likeness (QED) is 0.802. The highest BCUT2D eigenvalue weighted by atomic mass is 35.5. The van der Waals surface area contributed by atoms with Gasteiger partial charge in [0.05, 0.1) is 18.2 Å². The van der Waals surface area contributed by atoms with E-state index in [9.17, 15) is 4.79 Å². The predicted octanol–water partition coefficient (Wildman–Crippen LogP) is 1.93. The molecule has 0 saturated carbocycles. The molecule has 2 saturated heterocycles. The molecule has 5 nitrogen and oxygen atoms in total. The molecule has 0 radical (unpaired) electrons. The number of nitrogens with two attached hydrogens (primary N) is 1. The second-order valence-electron chi connectivity index (χ2n) is 6.35. The third-order valence-electron chi connectivity index (χ3n) is 3.57. The third-order valence-corrected chi connectivity index (χ3v) is 3.57. The summed E-state index contributed by atoms with van der Waals surface area (Å²) in [5.41, 5.74) is 5.03. The molecule has 0 bridgehead atoms. The average Bonchev–Trinajstić information content (AvgIpc) is 2.84. The van der Waals surface area contributed by atoms with Crippen LogP contribution in [0.15, 0.2) is 0 Å². The van der Waals surface area contributed by atoms with E-state index in [-0.39, 0.29) is 30.2 Å². The monoisotopic (exact) mass is 292 g/mol. The molecule has 0 aromatic heterocycles. The molecule has 2 fully saturated rings. The summed E-state index contributed by atoms with van der Waals surface area (Å²) in [5.74, 6) is 0. The second-order valence-corrected chi connectivity index (χ2v) is 6.35. The lowest BCUT2D eigenvalue weighted by Crippen LogP contribution is -2.39. The fourth-order valence-electron chi connectivity index (χ4n) is 2.69. The first-order valence-electron chi connectivity index (χ1n) is 6.69. The van der Waals surface area contributed by atoms with Crippen LogP contribution in [-0.4, -0.2) is 47.9 Å². The second kappa shape index (κ2) is 5.85. The van der Waals surface area contributed by atoms with Gasteiger partial charge >= 0.3 is 6.09 Å². The van der Waals surface area contributed by atoms with Crippen LogP contribution in [0, 0.1) is 0 Å². The lowest BCUT2D eigenvalue weighted by atomic mass is 9.99. The summed E-state index contributed by atoms with van der Waals surface area (Å²) in [4.78, 5) is 13.7. The lowest BCUT2D eigenvalue weighted by molar-refractivity contribution is -0.0325. The Labute approximate surface area is 121 Å². The van der Waals surface area contributed by atoms with E-state index in [4.69, 9.17) is 15.2 Å². The van der Waals surface area contributed by atoms with E-state index < -0.39 is 5.60 Å². The van der Waals surface area contributed by atoms with Crippen molar-refractivity contribution in [1.82, 2.24) is 4.90 Å². The van der Waals surface area contributed by atoms with Gasteiger partial charge in [0.25, 0.3) is 0 Å². The molecule has 112 valence electrons. The van der Waals surface area contributed by atoms with Crippen LogP contribution in [0.1, 0.15) is 40.0 Å². The maximum absolute atomic E-state index is 12.0. The van der Waals surface area contributed by atoms with Crippen LogP contribution in [-0.2, 0) is 9.47 Å². The Bertz CT molecular complexity index is 332. The molecular weight excluding hydrogens is 268 g/mol. The molecular formula is C13H25ClN2O3. The fourth-order valence-corrected chi connectivity index (χ4v) is 2.69. The third kappa shape index (κ3) is 3.97. The molecule has 2 N–H and O–H groups in total. The first-order valence-corrected chi connectivity index (χ1v) is 6.69. The van der Waals surface area contributed by atoms with Gasteiger partial charge in [0.1, 0.15) is 5.60 Å². The number of halogens is 1. The van der Waals surface area contributed by atoms with E-state index in [0.717, 1.165) is 19.3 Å². The van der Waals surface area contributed by atoms with Crippen molar-refractivity contribution < 1.29 is 14.3 Å². The Morgan fingerprint density at radius 1 is 1.47 bits per heavy atom. The number of hydrogen-bond acceptors (Lipinski definition) is 4. The number of likely N-dealkylation sites (tertiary alicyclic amines) is 1. The van der Waals surface area contributed by atoms with Crippen LogP contribution in [0.5, 0.6) is 0 Å². The average molecular weight is 293 g/mol. The first kappa shape index (κ1) is 16.5. The number of carbonyl (C=O) groups is 1. The van der Waals surface area contributed by atoms with Crippen molar-refractivity contribution in [2.75, 3.05) is 19.6 Å². The zero-order valence-electron chi connectivity index (χ0n) is 12.0. The molecule has 2 aliphatic heterocycles. The van der Waals surface area contributed by atoms with Gasteiger partial charge in [-0.3, -0.25) is 0 Å². The lowest BCUT2D eigenvalue weighted by Gasteiger charge is -2.27. The number of rotatable bonds is 1. The van der Waals surface area contributed by atoms with Crippen molar-refractivity contribution in [2.45, 2.75) is 57.3 Å². The van der Waals surface area contributed by atoms with Crippen LogP contribution in [0.2, 0.25) is 0 Å². The van der Waals surface area contributed by atoms with Gasteiger partial charge in [0.15, 0.2) is 0 Å². The van der Waals surface area contributed by atoms with Crippen LogP contribution < -0.4 is 5.73 Å². The van der Waals surface area contributed by atoms with Crippen LogP contribution in [0.25, 0.3) is 0 Å². The van der Waals surface area contributed by atoms with Crippen LogP contribution in [0.3, 0.4) is 0 Å². The maximum atomic E-state index is 12.0. The Kier molecular flexibility index (Phi) is 5.09. The Hall–Kier alpha value is -0.520. The highest BCUT2D eigenvalue weighted by Gasteiger charge is 2.46. The van der Waals surface area contributed by atoms with Crippen molar-refractivity contribution in [3.05, 3.63) is 0 Å². The van der Waals surface area contributed by atoms with Crippen molar-refractivity contribution in [3.63, 3.8) is 0 Å². The first-order chi connectivity index (χ1) is 8.34. The minimum Gasteiger partial charge on any atom is -0.444 e. The zero-order chi connectivity index (χ0) is 13.4. The number of amides is 1. The summed E-state index contributed by atoms with van der Waals surface area (Å²) in [6.45, 7) is 7.56. The van der Waals surface area contributed by atoms with E-state index in [0.29, 0.717) is 19.6 Å². The summed E-state index contributed by atoms with van der Waals surface area (Å²) >= 11 is 0. The number of hydrogen-bond donors (Lipinski definition) is 1. The topological polar surface area (TPSA) is 64.8 Å². The van der Waals surface area contributed by atoms with E-state index in [1.807, 2.05) is 20.8 Å². The molecule has 1 spiro atoms. The molecule has 6 heteroatoms. The van der Waals surface area contributed by atoms with Crippen LogP contribution >= 0.6 is 12.4 Å². The molecule has 2 unspecified atom stereocenters. The van der Waals surface area contributed by atoms with E-state index in [1.54, 1.807) is 4.90 Å². The Morgan fingerprint density at radius 2 is 2.16 bits per heavy atom. The standard InChI is InChI=1S/C13H24N2O3.ClH/c1-12(2,3)18-11(16)15-7-6-13(9-15)5-4-10(8-14)17-13;/h10H,4-9,14H2,1-3H3;1H. The fraction of sp³-hybridized carbons (Fsp3) is 0.923. The normalized spacial score (nSPS) is 30.5. The predicted molar refractivity (Wildman–Crippen MR) is 75.6 cm³/mol. The van der Waals surface area contributed by atoms with Crippen molar-refractivity contribution in [3.8, 4) is 0 Å². The summed E-state index contributed by atoms with van der Waals surface area (Å²) in [6, 6.07) is 0. The van der Waals surface area contributed by atoms with E-state index in [2.05, 4.69) is 0 Å². The zero-order valence-corrected chi connectivity index (χ0v) is 12.8. The highest BCUT2D eigenvalue weighted by Crippen LogP contribution is 2.38. The van der Waals surface area contributed by atoms with Gasteiger partial charge in [0.2, 0.25) is 0 Å². The maximum Gasteiger partial charge on any atom is 0.410 e. The van der Waals surface area contributed by atoms with Gasteiger partial charge < -0.3 is 20.1 Å². The molecule has 2 heterocycles. The number of nitrogens with zero attached hydrogens (tertiary/aromatic N) is 1. The molecule has 2 rings (SSSR count). The van der Waals surface area contributed by atoms with Gasteiger partial charge in [-0.2, -0.15) is 0 Å². The summed E-state index contributed by atoms with van der Waals surface area (Å²) in [5, 5.41) is 0. The Morgan fingerprint density at radius 3 is 2.68 bits per heavy atom. The van der Waals surface area contributed by atoms with Gasteiger partial charge in [-0.25, -0.2) is 4.79 Å². The highest BCUT2D eigenvalue weighted by molar-refractivity contribution is 5.85. The minimum atomic E-state index is -0.441. The van der Waals surface area contributed by atoms with Gasteiger partial charge in [-0.15, -0.1) is 12.4 Å². The summed E-state index contributed by atoms with van der Waals surface area (Å²) in [6.07, 6.45) is 2.80. The molecule has 0 aromatic rings. The Balaban J connectivity index is 0.00000180. The minimum absolute atomic E-state index is 0. The van der Waals surface area contributed by atoms with Gasteiger partial charge in [0, 0.05) is 13.1 Å².